The molecule has 3 aromatic rings. The average molecular weight is 968 g/mol. The molecule has 2 nitrogen and oxygen atoms in total. The molecule has 0 heterocycles. The zero-order valence-electron chi connectivity index (χ0n) is 48.4. The zero-order chi connectivity index (χ0) is 53.0. The van der Waals surface area contributed by atoms with Crippen LogP contribution in [0.15, 0.2) is 130 Å². The van der Waals surface area contributed by atoms with Crippen molar-refractivity contribution in [2.75, 3.05) is 13.2 Å². The SMILES string of the molecule is C=CC.C=CCC.C=CCCCCC.C=CCCCCCCC.C=CCCCCCCCCC.CC.CCOc1ccc(C(C)(C)c2ccc(OCCC[Si](C)(C)c3cc(C)cc(C)c3)cc2)cc1. The molecule has 0 spiro atoms. The molecule has 0 aromatic heterocycles. The lowest BCUT2D eigenvalue weighted by molar-refractivity contribution is 0.316. The maximum atomic E-state index is 6.11. The van der Waals surface area contributed by atoms with Crippen LogP contribution in [-0.2, 0) is 5.41 Å². The Morgan fingerprint density at radius 1 is 0.493 bits per heavy atom. The molecule has 0 saturated carbocycles. The number of aryl methyl sites for hydroxylation is 2. The summed E-state index contributed by atoms with van der Waals surface area (Å²) in [4.78, 5) is 0. The summed E-state index contributed by atoms with van der Waals surface area (Å²) in [5.41, 5.74) is 5.22. The van der Waals surface area contributed by atoms with Gasteiger partial charge in [-0.15, -0.1) is 32.9 Å². The molecule has 0 aliphatic carbocycles. The first-order valence-electron chi connectivity index (χ1n) is 27.8. The molecule has 0 aliphatic rings. The highest BCUT2D eigenvalue weighted by molar-refractivity contribution is 6.89. The van der Waals surface area contributed by atoms with Crippen molar-refractivity contribution >= 4 is 13.3 Å². The van der Waals surface area contributed by atoms with Crippen LogP contribution in [0.1, 0.15) is 220 Å². The third kappa shape index (κ3) is 42.8. The molecule has 0 fully saturated rings. The number of allylic oxidation sites excluding steroid dienone is 5. The van der Waals surface area contributed by atoms with Gasteiger partial charge < -0.3 is 9.47 Å². The summed E-state index contributed by atoms with van der Waals surface area (Å²) in [5.74, 6) is 1.87. The van der Waals surface area contributed by atoms with Gasteiger partial charge in [0.2, 0.25) is 0 Å². The second-order valence-corrected chi connectivity index (χ2v) is 23.7. The number of hydrogen-bond acceptors (Lipinski definition) is 2. The van der Waals surface area contributed by atoms with Crippen LogP contribution in [0.5, 0.6) is 11.5 Å². The molecule has 0 aliphatic heterocycles. The molecule has 0 N–H and O–H groups in total. The molecule has 0 amide bonds. The summed E-state index contributed by atoms with van der Waals surface area (Å²) in [5, 5.41) is 1.56. The second kappa shape index (κ2) is 52.0. The molecule has 0 unspecified atom stereocenters. The van der Waals surface area contributed by atoms with Gasteiger partial charge in [0.1, 0.15) is 11.5 Å². The molecule has 69 heavy (non-hydrogen) atoms. The van der Waals surface area contributed by atoms with Crippen LogP contribution in [0.25, 0.3) is 0 Å². The van der Waals surface area contributed by atoms with Gasteiger partial charge in [0.25, 0.3) is 0 Å². The molecular formula is C66H114O2Si. The van der Waals surface area contributed by atoms with Crippen LogP contribution in [0.4, 0.5) is 0 Å². The van der Waals surface area contributed by atoms with Gasteiger partial charge in [-0.1, -0.05) is 241 Å². The Hall–Kier alpha value is -3.82. The fourth-order valence-electron chi connectivity index (χ4n) is 7.16. The molecule has 0 radical (unpaired) electrons. The van der Waals surface area contributed by atoms with Crippen molar-refractivity contribution in [3.05, 3.63) is 152 Å². The minimum absolute atomic E-state index is 0.0785. The van der Waals surface area contributed by atoms with E-state index in [2.05, 4.69) is 168 Å². The normalized spacial score (nSPS) is 10.1. The van der Waals surface area contributed by atoms with Gasteiger partial charge in [-0.05, 0) is 114 Å². The number of hydrogen-bond donors (Lipinski definition) is 0. The highest BCUT2D eigenvalue weighted by Gasteiger charge is 2.24. The molecular weight excluding hydrogens is 853 g/mol. The van der Waals surface area contributed by atoms with Crippen molar-refractivity contribution in [1.29, 1.82) is 0 Å². The predicted molar refractivity (Wildman–Crippen MR) is 323 cm³/mol. The topological polar surface area (TPSA) is 18.5 Å². The van der Waals surface area contributed by atoms with Crippen LogP contribution >= 0.6 is 0 Å². The predicted octanol–water partition coefficient (Wildman–Crippen LogP) is 21.8. The quantitative estimate of drug-likeness (QED) is 0.0392. The summed E-state index contributed by atoms with van der Waals surface area (Å²) in [6.07, 6.45) is 36.1. The van der Waals surface area contributed by atoms with Gasteiger partial charge in [-0.3, -0.25) is 0 Å². The van der Waals surface area contributed by atoms with Crippen LogP contribution in [0.3, 0.4) is 0 Å². The fraction of sp³-hybridized carbons (Fsp3) is 0.576. The number of rotatable bonds is 29. The van der Waals surface area contributed by atoms with Crippen molar-refractivity contribution in [3.63, 3.8) is 0 Å². The Labute approximate surface area is 433 Å². The molecule has 3 rings (SSSR count). The lowest BCUT2D eigenvalue weighted by Gasteiger charge is -2.26. The minimum atomic E-state index is -1.45. The average Bonchev–Trinajstić information content (AvgIpc) is 3.34. The van der Waals surface area contributed by atoms with Gasteiger partial charge in [0.15, 0.2) is 0 Å². The minimum Gasteiger partial charge on any atom is -0.494 e. The van der Waals surface area contributed by atoms with Gasteiger partial charge in [-0.25, -0.2) is 0 Å². The Morgan fingerprint density at radius 2 is 0.826 bits per heavy atom. The Balaban J connectivity index is -0.000000476. The van der Waals surface area contributed by atoms with E-state index in [4.69, 9.17) is 9.47 Å². The Kier molecular flexibility index (Phi) is 54.1. The summed E-state index contributed by atoms with van der Waals surface area (Å²) < 4.78 is 11.7. The van der Waals surface area contributed by atoms with Crippen LogP contribution in [0, 0.1) is 13.8 Å². The van der Waals surface area contributed by atoms with E-state index in [1.54, 1.807) is 11.3 Å². The van der Waals surface area contributed by atoms with Crippen LogP contribution in [-0.4, -0.2) is 21.3 Å². The van der Waals surface area contributed by atoms with Crippen molar-refractivity contribution in [1.82, 2.24) is 0 Å². The maximum absolute atomic E-state index is 6.11. The zero-order valence-corrected chi connectivity index (χ0v) is 49.4. The third-order valence-electron chi connectivity index (χ3n) is 11.5. The number of ether oxygens (including phenoxy) is 2. The summed E-state index contributed by atoms with van der Waals surface area (Å²) in [6.45, 7) is 49.9. The van der Waals surface area contributed by atoms with Crippen molar-refractivity contribution < 1.29 is 9.47 Å². The first kappa shape index (κ1) is 71.7. The van der Waals surface area contributed by atoms with Crippen molar-refractivity contribution in [2.45, 2.75) is 236 Å². The maximum Gasteiger partial charge on any atom is 0.119 e. The van der Waals surface area contributed by atoms with Crippen LogP contribution < -0.4 is 14.7 Å². The van der Waals surface area contributed by atoms with Crippen LogP contribution in [0.2, 0.25) is 19.1 Å². The van der Waals surface area contributed by atoms with Gasteiger partial charge in [0.05, 0.1) is 21.3 Å². The molecule has 394 valence electrons. The lowest BCUT2D eigenvalue weighted by Crippen LogP contribution is -2.41. The van der Waals surface area contributed by atoms with E-state index >= 15 is 0 Å². The van der Waals surface area contributed by atoms with Gasteiger partial charge >= 0.3 is 0 Å². The van der Waals surface area contributed by atoms with E-state index in [1.807, 2.05) is 52.0 Å². The highest BCUT2D eigenvalue weighted by Crippen LogP contribution is 2.33. The van der Waals surface area contributed by atoms with E-state index in [-0.39, 0.29) is 5.41 Å². The summed E-state index contributed by atoms with van der Waals surface area (Å²) in [7, 11) is -1.45. The molecule has 0 bridgehead atoms. The fourth-order valence-corrected chi connectivity index (χ4v) is 9.71. The molecule has 3 aromatic carbocycles. The number of unbranched alkanes of at least 4 members (excludes halogenated alkanes) is 15. The smallest absolute Gasteiger partial charge is 0.119 e. The second-order valence-electron chi connectivity index (χ2n) is 18.9. The van der Waals surface area contributed by atoms with E-state index < -0.39 is 8.07 Å². The van der Waals surface area contributed by atoms with Gasteiger partial charge in [-0.2, -0.15) is 0 Å². The lowest BCUT2D eigenvalue weighted by atomic mass is 9.78. The Bertz CT molecular complexity index is 1560. The van der Waals surface area contributed by atoms with E-state index in [0.29, 0.717) is 6.61 Å². The van der Waals surface area contributed by atoms with E-state index in [1.165, 1.54) is 144 Å². The third-order valence-corrected chi connectivity index (χ3v) is 15.0. The van der Waals surface area contributed by atoms with E-state index in [9.17, 15) is 0 Å². The summed E-state index contributed by atoms with van der Waals surface area (Å²) >= 11 is 0. The molecule has 0 atom stereocenters. The highest BCUT2D eigenvalue weighted by atomic mass is 28.3. The number of benzene rings is 3. The Morgan fingerprint density at radius 3 is 1.17 bits per heavy atom. The standard InChI is InChI=1S/C30H40O2Si.C11H22.C9H18.C7H14.C4H8.C3H6.C2H6/c1-8-31-27-14-10-25(11-15-27)30(4,5)26-12-16-28(17-13-26)32-18-9-19-33(6,7)29-21-23(2)20-24(3)22-29;1-3-5-7-9-11-10-8-6-4-2;1-3-5-7-9-8-6-4-2;1-3-5-7-6-4-2;1-3-4-2;1-3-2;1-2/h10-17,20-22H,8-9,18-19H2,1-7H3;3H,1,4-11H2,2H3;3H,1,4-9H2,2H3;3H,1,4-7H2,2H3;3H,1,4H2,2H3;3H,1H2,2H3;1-2H3. The molecule has 3 heteroatoms. The van der Waals surface area contributed by atoms with E-state index in [0.717, 1.165) is 30.9 Å². The molecule has 0 saturated heterocycles. The van der Waals surface area contributed by atoms with Crippen molar-refractivity contribution in [2.24, 2.45) is 0 Å². The van der Waals surface area contributed by atoms with Gasteiger partial charge in [0, 0.05) is 5.41 Å². The van der Waals surface area contributed by atoms with Crippen molar-refractivity contribution in [3.8, 4) is 11.5 Å². The summed E-state index contributed by atoms with van der Waals surface area (Å²) in [6, 6.07) is 25.3. The largest absolute Gasteiger partial charge is 0.494 e. The monoisotopic (exact) mass is 967 g/mol. The first-order chi connectivity index (χ1) is 33.2. The first-order valence-corrected chi connectivity index (χ1v) is 31.0.